The maximum atomic E-state index is 13.0. The summed E-state index contributed by atoms with van der Waals surface area (Å²) in [5.41, 5.74) is 1.40. The number of aromatic amines is 1. The fourth-order valence-corrected chi connectivity index (χ4v) is 4.46. The maximum Gasteiger partial charge on any atom is 0.266 e. The molecular formula is C22H22ClN3O2S. The predicted octanol–water partition coefficient (Wildman–Crippen LogP) is 5.01. The molecule has 29 heavy (non-hydrogen) atoms. The van der Waals surface area contributed by atoms with Crippen molar-refractivity contribution in [1.29, 1.82) is 0 Å². The molecule has 1 aliphatic carbocycles. The van der Waals surface area contributed by atoms with Crippen molar-refractivity contribution in [3.05, 3.63) is 68.2 Å². The maximum absolute atomic E-state index is 13.0. The van der Waals surface area contributed by atoms with Crippen molar-refractivity contribution >= 4 is 40.6 Å². The zero-order valence-corrected chi connectivity index (χ0v) is 17.6. The van der Waals surface area contributed by atoms with Crippen LogP contribution in [0.3, 0.4) is 0 Å². The summed E-state index contributed by atoms with van der Waals surface area (Å²) >= 11 is 11.4. The van der Waals surface area contributed by atoms with Gasteiger partial charge in [0.1, 0.15) is 0 Å². The number of benzene rings is 2. The fourth-order valence-electron chi connectivity index (χ4n) is 3.99. The summed E-state index contributed by atoms with van der Waals surface area (Å²) in [4.78, 5) is 28.9. The van der Waals surface area contributed by atoms with Crippen molar-refractivity contribution in [2.24, 2.45) is 5.92 Å². The third-order valence-corrected chi connectivity index (χ3v) is 6.17. The van der Waals surface area contributed by atoms with Gasteiger partial charge in [0.15, 0.2) is 4.77 Å². The van der Waals surface area contributed by atoms with E-state index < -0.39 is 0 Å². The van der Waals surface area contributed by atoms with Gasteiger partial charge in [-0.05, 0) is 67.4 Å². The number of amides is 1. The van der Waals surface area contributed by atoms with Crippen LogP contribution >= 0.6 is 23.8 Å². The van der Waals surface area contributed by atoms with E-state index in [1.165, 1.54) is 11.0 Å². The van der Waals surface area contributed by atoms with Crippen LogP contribution in [0.15, 0.2) is 47.3 Å². The molecule has 2 aromatic carbocycles. The highest BCUT2D eigenvalue weighted by atomic mass is 35.5. The Labute approximate surface area is 178 Å². The number of rotatable bonds is 3. The van der Waals surface area contributed by atoms with Crippen molar-refractivity contribution in [3.63, 3.8) is 0 Å². The summed E-state index contributed by atoms with van der Waals surface area (Å²) in [7, 11) is 0. The van der Waals surface area contributed by atoms with Crippen LogP contribution in [0.1, 0.15) is 43.0 Å². The van der Waals surface area contributed by atoms with Crippen molar-refractivity contribution in [1.82, 2.24) is 14.9 Å². The number of H-pyrrole nitrogens is 1. The summed E-state index contributed by atoms with van der Waals surface area (Å²) in [6.07, 6.45) is 4.50. The normalized spacial score (nSPS) is 19.2. The summed E-state index contributed by atoms with van der Waals surface area (Å²) in [5.74, 6) is 0.348. The highest BCUT2D eigenvalue weighted by Crippen LogP contribution is 2.24. The average molecular weight is 428 g/mol. The smallest absolute Gasteiger partial charge is 0.266 e. The van der Waals surface area contributed by atoms with Gasteiger partial charge in [0.2, 0.25) is 0 Å². The van der Waals surface area contributed by atoms with E-state index in [4.69, 9.17) is 23.8 Å². The Bertz CT molecular complexity index is 1200. The summed E-state index contributed by atoms with van der Waals surface area (Å²) in [6.45, 7) is 2.18. The van der Waals surface area contributed by atoms with Crippen LogP contribution in [-0.4, -0.2) is 21.5 Å². The van der Waals surface area contributed by atoms with Crippen LogP contribution in [0.2, 0.25) is 5.02 Å². The standard InChI is InChI=1S/C22H22ClN3O2S/c1-13-5-2-3-8-18(13)24-20(27)14-6-4-7-16(11-14)26-21(28)17-10-9-15(23)12-19(17)25-22(26)29/h4,6-7,9-13,18H,2-3,5,8H2,1H3,(H,24,27)(H,25,29)/t13-,18+/m1/s1. The summed E-state index contributed by atoms with van der Waals surface area (Å²) in [6, 6.07) is 12.2. The number of nitrogens with one attached hydrogen (secondary N) is 2. The van der Waals surface area contributed by atoms with Crippen LogP contribution in [0.4, 0.5) is 0 Å². The van der Waals surface area contributed by atoms with Gasteiger partial charge in [-0.1, -0.05) is 37.4 Å². The van der Waals surface area contributed by atoms with E-state index >= 15 is 0 Å². The highest BCUT2D eigenvalue weighted by molar-refractivity contribution is 7.71. The van der Waals surface area contributed by atoms with Crippen molar-refractivity contribution in [2.75, 3.05) is 0 Å². The fraction of sp³-hybridized carbons (Fsp3) is 0.318. The molecule has 1 saturated carbocycles. The van der Waals surface area contributed by atoms with E-state index in [9.17, 15) is 9.59 Å². The van der Waals surface area contributed by atoms with Gasteiger partial charge in [-0.15, -0.1) is 0 Å². The average Bonchev–Trinajstić information content (AvgIpc) is 2.69. The molecule has 1 amide bonds. The van der Waals surface area contributed by atoms with E-state index in [0.717, 1.165) is 19.3 Å². The first-order chi connectivity index (χ1) is 13.9. The first kappa shape index (κ1) is 19.9. The molecule has 1 aliphatic rings. The Morgan fingerprint density at radius 1 is 1.21 bits per heavy atom. The highest BCUT2D eigenvalue weighted by Gasteiger charge is 2.23. The molecule has 5 nitrogen and oxygen atoms in total. The van der Waals surface area contributed by atoms with Crippen molar-refractivity contribution < 1.29 is 4.79 Å². The van der Waals surface area contributed by atoms with Crippen LogP contribution in [0.5, 0.6) is 0 Å². The van der Waals surface area contributed by atoms with Gasteiger partial charge in [0, 0.05) is 16.6 Å². The summed E-state index contributed by atoms with van der Waals surface area (Å²) in [5, 5.41) is 4.16. The Hall–Kier alpha value is -2.44. The molecule has 3 aromatic rings. The Kier molecular flexibility index (Phi) is 5.56. The van der Waals surface area contributed by atoms with Crippen LogP contribution in [0.25, 0.3) is 16.6 Å². The zero-order chi connectivity index (χ0) is 20.5. The number of fused-ring (bicyclic) bond motifs is 1. The second kappa shape index (κ2) is 8.13. The molecule has 150 valence electrons. The quantitative estimate of drug-likeness (QED) is 0.577. The minimum absolute atomic E-state index is 0.124. The lowest BCUT2D eigenvalue weighted by atomic mass is 9.86. The number of nitrogens with zero attached hydrogens (tertiary/aromatic N) is 1. The van der Waals surface area contributed by atoms with E-state index in [2.05, 4.69) is 17.2 Å². The van der Waals surface area contributed by atoms with Gasteiger partial charge >= 0.3 is 0 Å². The van der Waals surface area contributed by atoms with Crippen LogP contribution in [0, 0.1) is 10.7 Å². The Balaban J connectivity index is 1.70. The van der Waals surface area contributed by atoms with E-state index in [1.54, 1.807) is 42.5 Å². The van der Waals surface area contributed by atoms with Gasteiger partial charge in [0.25, 0.3) is 11.5 Å². The SMILES string of the molecule is C[C@@H]1CCCC[C@@H]1NC(=O)c1cccc(-n2c(=S)[nH]c3cc(Cl)ccc3c2=O)c1. The monoisotopic (exact) mass is 427 g/mol. The topological polar surface area (TPSA) is 66.9 Å². The molecule has 0 radical (unpaired) electrons. The molecule has 2 atom stereocenters. The van der Waals surface area contributed by atoms with E-state index in [1.807, 2.05) is 0 Å². The lowest BCUT2D eigenvalue weighted by Gasteiger charge is -2.29. The van der Waals surface area contributed by atoms with Crippen LogP contribution < -0.4 is 10.9 Å². The number of halogens is 1. The van der Waals surface area contributed by atoms with Crippen molar-refractivity contribution in [2.45, 2.75) is 38.6 Å². The molecule has 4 rings (SSSR count). The molecule has 0 aliphatic heterocycles. The molecule has 2 N–H and O–H groups in total. The second-order valence-electron chi connectivity index (χ2n) is 7.65. The lowest BCUT2D eigenvalue weighted by molar-refractivity contribution is 0.0910. The Morgan fingerprint density at radius 2 is 2.00 bits per heavy atom. The molecule has 7 heteroatoms. The number of hydrogen-bond acceptors (Lipinski definition) is 3. The minimum Gasteiger partial charge on any atom is -0.349 e. The number of carbonyl (C=O) groups excluding carboxylic acids is 1. The third kappa shape index (κ3) is 4.00. The van der Waals surface area contributed by atoms with Gasteiger partial charge < -0.3 is 10.3 Å². The number of carbonyl (C=O) groups is 1. The molecule has 0 saturated heterocycles. The largest absolute Gasteiger partial charge is 0.349 e. The molecule has 1 heterocycles. The van der Waals surface area contributed by atoms with Crippen molar-refractivity contribution in [3.8, 4) is 5.69 Å². The second-order valence-corrected chi connectivity index (χ2v) is 8.48. The zero-order valence-electron chi connectivity index (χ0n) is 16.1. The number of aromatic nitrogens is 2. The van der Waals surface area contributed by atoms with E-state index in [-0.39, 0.29) is 22.3 Å². The Morgan fingerprint density at radius 3 is 2.79 bits per heavy atom. The van der Waals surface area contributed by atoms with Gasteiger partial charge in [-0.2, -0.15) is 0 Å². The number of hydrogen-bond donors (Lipinski definition) is 2. The minimum atomic E-state index is -0.251. The summed E-state index contributed by atoms with van der Waals surface area (Å²) < 4.78 is 1.66. The molecule has 0 bridgehead atoms. The molecule has 1 aromatic heterocycles. The third-order valence-electron chi connectivity index (χ3n) is 5.65. The molecule has 0 spiro atoms. The molecular weight excluding hydrogens is 406 g/mol. The van der Waals surface area contributed by atoms with Gasteiger partial charge in [-0.25, -0.2) is 0 Å². The van der Waals surface area contributed by atoms with Crippen LogP contribution in [-0.2, 0) is 0 Å². The molecule has 1 fully saturated rings. The predicted molar refractivity (Wildman–Crippen MR) is 119 cm³/mol. The first-order valence-electron chi connectivity index (χ1n) is 9.80. The lowest BCUT2D eigenvalue weighted by Crippen LogP contribution is -2.41. The first-order valence-corrected chi connectivity index (χ1v) is 10.6. The molecule has 0 unspecified atom stereocenters. The van der Waals surface area contributed by atoms with Gasteiger partial charge in [0.05, 0.1) is 16.6 Å². The van der Waals surface area contributed by atoms with Gasteiger partial charge in [-0.3, -0.25) is 14.2 Å². The van der Waals surface area contributed by atoms with E-state index in [0.29, 0.717) is 33.1 Å².